The molecule has 1 aromatic heterocycles. The molecule has 0 aliphatic heterocycles. The van der Waals surface area contributed by atoms with Crippen molar-refractivity contribution in [3.63, 3.8) is 0 Å². The van der Waals surface area contributed by atoms with Crippen molar-refractivity contribution in [2.75, 3.05) is 11.4 Å². The Labute approximate surface area is 120 Å². The molecule has 106 valence electrons. The molecule has 1 heterocycles. The Balaban J connectivity index is 1.69. The summed E-state index contributed by atoms with van der Waals surface area (Å²) in [5, 5.41) is 4.78. The van der Waals surface area contributed by atoms with Gasteiger partial charge in [-0.15, -0.1) is 11.3 Å². The highest BCUT2D eigenvalue weighted by Gasteiger charge is 2.35. The molecule has 0 unspecified atom stereocenters. The summed E-state index contributed by atoms with van der Waals surface area (Å²) in [7, 11) is 0. The molecule has 0 radical (unpaired) electrons. The van der Waals surface area contributed by atoms with Crippen molar-refractivity contribution in [2.24, 2.45) is 5.92 Å². The van der Waals surface area contributed by atoms with Crippen LogP contribution in [-0.2, 0) is 6.54 Å². The third-order valence-electron chi connectivity index (χ3n) is 3.94. The van der Waals surface area contributed by atoms with Gasteiger partial charge in [0, 0.05) is 30.1 Å². The number of anilines is 1. The Bertz CT molecular complexity index is 433. The summed E-state index contributed by atoms with van der Waals surface area (Å²) in [6, 6.07) is 1.33. The van der Waals surface area contributed by atoms with Gasteiger partial charge in [0.2, 0.25) is 0 Å². The highest BCUT2D eigenvalue weighted by molar-refractivity contribution is 7.15. The van der Waals surface area contributed by atoms with E-state index < -0.39 is 0 Å². The zero-order chi connectivity index (χ0) is 13.4. The van der Waals surface area contributed by atoms with E-state index >= 15 is 0 Å². The Morgan fingerprint density at radius 1 is 1.32 bits per heavy atom. The second-order valence-corrected chi connectivity index (χ2v) is 7.43. The van der Waals surface area contributed by atoms with Gasteiger partial charge in [0.1, 0.15) is 0 Å². The van der Waals surface area contributed by atoms with Crippen LogP contribution < -0.4 is 10.2 Å². The summed E-state index contributed by atoms with van der Waals surface area (Å²) < 4.78 is 0. The molecule has 2 saturated carbocycles. The molecule has 2 fully saturated rings. The number of rotatable bonds is 7. The van der Waals surface area contributed by atoms with Gasteiger partial charge >= 0.3 is 0 Å². The average Bonchev–Trinajstić information content (AvgIpc) is 3.22. The van der Waals surface area contributed by atoms with Crippen molar-refractivity contribution >= 4 is 16.5 Å². The number of thiazole rings is 1. The largest absolute Gasteiger partial charge is 0.345 e. The maximum absolute atomic E-state index is 4.84. The minimum atomic E-state index is 0.538. The van der Waals surface area contributed by atoms with Crippen LogP contribution in [0.5, 0.6) is 0 Å². The lowest BCUT2D eigenvalue weighted by molar-refractivity contribution is 0.591. The van der Waals surface area contributed by atoms with Crippen LogP contribution in [0, 0.1) is 12.8 Å². The lowest BCUT2D eigenvalue weighted by Crippen LogP contribution is -2.27. The molecule has 3 rings (SSSR count). The molecular formula is C15H25N3S. The van der Waals surface area contributed by atoms with Crippen molar-refractivity contribution < 1.29 is 0 Å². The van der Waals surface area contributed by atoms with E-state index in [0.29, 0.717) is 6.04 Å². The zero-order valence-corrected chi connectivity index (χ0v) is 13.1. The number of aromatic nitrogens is 1. The van der Waals surface area contributed by atoms with E-state index in [9.17, 15) is 0 Å². The van der Waals surface area contributed by atoms with E-state index in [1.807, 2.05) is 11.3 Å². The van der Waals surface area contributed by atoms with Gasteiger partial charge in [-0.3, -0.25) is 0 Å². The van der Waals surface area contributed by atoms with E-state index in [4.69, 9.17) is 4.98 Å². The van der Waals surface area contributed by atoms with Gasteiger partial charge in [-0.2, -0.15) is 0 Å². The van der Waals surface area contributed by atoms with Crippen LogP contribution in [0.25, 0.3) is 0 Å². The SMILES string of the molecule is Cc1nc(N(CC2CC2)C2CC2)sc1CNC(C)C. The molecule has 0 bridgehead atoms. The first-order valence-electron chi connectivity index (χ1n) is 7.60. The first-order chi connectivity index (χ1) is 9.13. The van der Waals surface area contributed by atoms with Crippen LogP contribution in [0.2, 0.25) is 0 Å². The Hall–Kier alpha value is -0.610. The maximum Gasteiger partial charge on any atom is 0.186 e. The number of hydrogen-bond acceptors (Lipinski definition) is 4. The van der Waals surface area contributed by atoms with Crippen LogP contribution in [0.15, 0.2) is 0 Å². The molecule has 0 atom stereocenters. The van der Waals surface area contributed by atoms with Crippen molar-refractivity contribution in [1.29, 1.82) is 0 Å². The van der Waals surface area contributed by atoms with Crippen LogP contribution >= 0.6 is 11.3 Å². The van der Waals surface area contributed by atoms with E-state index in [-0.39, 0.29) is 0 Å². The van der Waals surface area contributed by atoms with Crippen molar-refractivity contribution in [3.05, 3.63) is 10.6 Å². The summed E-state index contributed by atoms with van der Waals surface area (Å²) in [5.41, 5.74) is 1.22. The van der Waals surface area contributed by atoms with E-state index in [2.05, 4.69) is 31.0 Å². The maximum atomic E-state index is 4.84. The third-order valence-corrected chi connectivity index (χ3v) is 5.13. The molecule has 2 aliphatic rings. The first kappa shape index (κ1) is 13.4. The number of nitrogens with one attached hydrogen (secondary N) is 1. The fourth-order valence-electron chi connectivity index (χ4n) is 2.34. The minimum Gasteiger partial charge on any atom is -0.345 e. The Kier molecular flexibility index (Phi) is 3.81. The molecule has 0 spiro atoms. The number of nitrogens with zero attached hydrogens (tertiary/aromatic N) is 2. The first-order valence-corrected chi connectivity index (χ1v) is 8.41. The molecule has 4 heteroatoms. The third kappa shape index (κ3) is 3.48. The predicted octanol–water partition coefficient (Wildman–Crippen LogP) is 3.33. The van der Waals surface area contributed by atoms with Gasteiger partial charge in [-0.1, -0.05) is 13.8 Å². The van der Waals surface area contributed by atoms with Crippen LogP contribution in [0.3, 0.4) is 0 Å². The molecule has 0 aromatic carbocycles. The van der Waals surface area contributed by atoms with Gasteiger partial charge in [0.25, 0.3) is 0 Å². The topological polar surface area (TPSA) is 28.2 Å². The fraction of sp³-hybridized carbons (Fsp3) is 0.800. The van der Waals surface area contributed by atoms with Gasteiger partial charge < -0.3 is 10.2 Å². The van der Waals surface area contributed by atoms with E-state index in [0.717, 1.165) is 18.5 Å². The molecule has 19 heavy (non-hydrogen) atoms. The van der Waals surface area contributed by atoms with E-state index in [1.165, 1.54) is 47.9 Å². The average molecular weight is 279 g/mol. The van der Waals surface area contributed by atoms with E-state index in [1.54, 1.807) is 0 Å². The quantitative estimate of drug-likeness (QED) is 0.830. The minimum absolute atomic E-state index is 0.538. The predicted molar refractivity (Wildman–Crippen MR) is 81.9 cm³/mol. The lowest BCUT2D eigenvalue weighted by atomic mass is 10.3. The fourth-order valence-corrected chi connectivity index (χ4v) is 3.44. The summed E-state index contributed by atoms with van der Waals surface area (Å²) in [6.07, 6.45) is 5.58. The van der Waals surface area contributed by atoms with Gasteiger partial charge in [0.05, 0.1) is 5.69 Å². The van der Waals surface area contributed by atoms with Gasteiger partial charge in [-0.05, 0) is 38.5 Å². The molecular weight excluding hydrogens is 254 g/mol. The normalized spacial score (nSPS) is 19.2. The molecule has 0 saturated heterocycles. The Morgan fingerprint density at radius 2 is 2.05 bits per heavy atom. The van der Waals surface area contributed by atoms with Gasteiger partial charge in [0.15, 0.2) is 5.13 Å². The zero-order valence-electron chi connectivity index (χ0n) is 12.3. The second kappa shape index (κ2) is 5.41. The standard InChI is InChI=1S/C15H25N3S/c1-10(2)16-8-14-11(3)17-15(19-14)18(13-6-7-13)9-12-4-5-12/h10,12-13,16H,4-9H2,1-3H3. The highest BCUT2D eigenvalue weighted by Crippen LogP contribution is 2.39. The van der Waals surface area contributed by atoms with Crippen molar-refractivity contribution in [2.45, 2.75) is 65.1 Å². The molecule has 2 aliphatic carbocycles. The smallest absolute Gasteiger partial charge is 0.186 e. The highest BCUT2D eigenvalue weighted by atomic mass is 32.1. The number of hydrogen-bond donors (Lipinski definition) is 1. The van der Waals surface area contributed by atoms with Crippen molar-refractivity contribution in [1.82, 2.24) is 10.3 Å². The monoisotopic (exact) mass is 279 g/mol. The summed E-state index contributed by atoms with van der Waals surface area (Å²) in [4.78, 5) is 8.83. The molecule has 1 aromatic rings. The summed E-state index contributed by atoms with van der Waals surface area (Å²) in [6.45, 7) is 8.75. The molecule has 1 N–H and O–H groups in total. The van der Waals surface area contributed by atoms with Gasteiger partial charge in [-0.25, -0.2) is 4.98 Å². The second-order valence-electron chi connectivity index (χ2n) is 6.37. The molecule has 3 nitrogen and oxygen atoms in total. The summed E-state index contributed by atoms with van der Waals surface area (Å²) >= 11 is 1.90. The lowest BCUT2D eigenvalue weighted by Gasteiger charge is -2.21. The van der Waals surface area contributed by atoms with Crippen molar-refractivity contribution in [3.8, 4) is 0 Å². The Morgan fingerprint density at radius 3 is 2.63 bits per heavy atom. The summed E-state index contributed by atoms with van der Waals surface area (Å²) in [5.74, 6) is 0.946. The van der Waals surface area contributed by atoms with Crippen LogP contribution in [0.1, 0.15) is 50.1 Å². The van der Waals surface area contributed by atoms with Crippen LogP contribution in [0.4, 0.5) is 5.13 Å². The van der Waals surface area contributed by atoms with Crippen LogP contribution in [-0.4, -0.2) is 23.6 Å². The number of aryl methyl sites for hydroxylation is 1. The molecule has 0 amide bonds.